The van der Waals surface area contributed by atoms with E-state index in [9.17, 15) is 9.59 Å². The van der Waals surface area contributed by atoms with E-state index < -0.39 is 5.91 Å². The Balaban J connectivity index is 1.92. The van der Waals surface area contributed by atoms with Crippen LogP contribution in [0.2, 0.25) is 10.0 Å². The molecule has 0 fully saturated rings. The number of nitrogens with one attached hydrogen (secondary N) is 1. The summed E-state index contributed by atoms with van der Waals surface area (Å²) in [5.41, 5.74) is 0.517. The number of carbonyl (C=O) groups excluding carboxylic acids is 1. The third-order valence-electron chi connectivity index (χ3n) is 3.97. The van der Waals surface area contributed by atoms with Crippen LogP contribution in [-0.4, -0.2) is 22.6 Å². The van der Waals surface area contributed by atoms with Crippen molar-refractivity contribution in [1.82, 2.24) is 14.9 Å². The molecule has 0 bridgehead atoms. The molecule has 26 heavy (non-hydrogen) atoms. The number of carbonyl (C=O) groups is 1. The van der Waals surface area contributed by atoms with Crippen LogP contribution in [-0.2, 0) is 13.6 Å². The second-order valence-corrected chi connectivity index (χ2v) is 6.34. The van der Waals surface area contributed by atoms with Gasteiger partial charge in [0.25, 0.3) is 11.5 Å². The number of nitrogens with zero attached hydrogens (tertiary/aromatic N) is 2. The molecule has 8 heteroatoms. The lowest BCUT2D eigenvalue weighted by Crippen LogP contribution is -2.30. The fourth-order valence-electron chi connectivity index (χ4n) is 2.61. The summed E-state index contributed by atoms with van der Waals surface area (Å²) in [6, 6.07) is 10.1. The van der Waals surface area contributed by atoms with Crippen LogP contribution in [0.4, 0.5) is 0 Å². The topological polar surface area (TPSA) is 73.2 Å². The molecule has 2 aromatic carbocycles. The lowest BCUT2D eigenvalue weighted by atomic mass is 10.2. The average Bonchev–Trinajstić information content (AvgIpc) is 2.64. The Morgan fingerprint density at radius 2 is 1.88 bits per heavy atom. The van der Waals surface area contributed by atoms with Crippen molar-refractivity contribution in [3.8, 4) is 5.75 Å². The fourth-order valence-corrected chi connectivity index (χ4v) is 3.08. The van der Waals surface area contributed by atoms with E-state index in [1.54, 1.807) is 37.4 Å². The van der Waals surface area contributed by atoms with Gasteiger partial charge in [-0.25, -0.2) is 4.98 Å². The minimum Gasteiger partial charge on any atom is -0.494 e. The minimum atomic E-state index is -0.475. The van der Waals surface area contributed by atoms with Crippen molar-refractivity contribution in [3.63, 3.8) is 0 Å². The summed E-state index contributed by atoms with van der Waals surface area (Å²) in [7, 11) is 3.01. The molecule has 1 amide bonds. The van der Waals surface area contributed by atoms with Crippen molar-refractivity contribution >= 4 is 40.0 Å². The summed E-state index contributed by atoms with van der Waals surface area (Å²) < 4.78 is 6.58. The zero-order valence-corrected chi connectivity index (χ0v) is 15.6. The van der Waals surface area contributed by atoms with Crippen LogP contribution in [0.1, 0.15) is 16.2 Å². The van der Waals surface area contributed by atoms with Crippen LogP contribution < -0.4 is 15.6 Å². The molecule has 0 aliphatic carbocycles. The molecule has 3 rings (SSSR count). The summed E-state index contributed by atoms with van der Waals surface area (Å²) >= 11 is 12.2. The highest BCUT2D eigenvalue weighted by molar-refractivity contribution is 6.37. The molecule has 0 saturated heterocycles. The molecular weight excluding hydrogens is 377 g/mol. The molecule has 1 N–H and O–H groups in total. The van der Waals surface area contributed by atoms with E-state index in [1.807, 2.05) is 0 Å². The van der Waals surface area contributed by atoms with Gasteiger partial charge in [0.05, 0.1) is 34.6 Å². The van der Waals surface area contributed by atoms with Crippen molar-refractivity contribution in [2.45, 2.75) is 6.54 Å². The van der Waals surface area contributed by atoms with Gasteiger partial charge >= 0.3 is 0 Å². The first-order valence-electron chi connectivity index (χ1n) is 7.69. The largest absolute Gasteiger partial charge is 0.494 e. The van der Waals surface area contributed by atoms with Gasteiger partial charge in [0.2, 0.25) is 0 Å². The molecule has 1 heterocycles. The van der Waals surface area contributed by atoms with Gasteiger partial charge in [-0.2, -0.15) is 0 Å². The third kappa shape index (κ3) is 3.25. The molecular formula is C18H15Cl2N3O3. The highest BCUT2D eigenvalue weighted by Crippen LogP contribution is 2.33. The first-order chi connectivity index (χ1) is 12.4. The van der Waals surface area contributed by atoms with Gasteiger partial charge in [0.1, 0.15) is 11.4 Å². The van der Waals surface area contributed by atoms with Crippen LogP contribution >= 0.6 is 23.2 Å². The molecule has 6 nitrogen and oxygen atoms in total. The molecule has 0 aliphatic rings. The molecule has 0 unspecified atom stereocenters. The van der Waals surface area contributed by atoms with Crippen molar-refractivity contribution in [2.75, 3.05) is 7.11 Å². The van der Waals surface area contributed by atoms with Gasteiger partial charge < -0.3 is 10.1 Å². The van der Waals surface area contributed by atoms with E-state index >= 15 is 0 Å². The van der Waals surface area contributed by atoms with E-state index in [2.05, 4.69) is 10.3 Å². The number of methoxy groups -OCH3 is 1. The number of ether oxygens (including phenoxy) is 1. The van der Waals surface area contributed by atoms with E-state index in [1.165, 1.54) is 17.7 Å². The van der Waals surface area contributed by atoms with Gasteiger partial charge in [-0.3, -0.25) is 14.2 Å². The Labute approximate surface area is 159 Å². The summed E-state index contributed by atoms with van der Waals surface area (Å²) in [5.74, 6) is 0.132. The van der Waals surface area contributed by atoms with E-state index in [0.717, 1.165) is 0 Å². The first-order valence-corrected chi connectivity index (χ1v) is 8.44. The minimum absolute atomic E-state index is 0.0431. The molecule has 1 aromatic heterocycles. The molecule has 0 atom stereocenters. The maximum absolute atomic E-state index is 12.6. The Morgan fingerprint density at radius 3 is 2.62 bits per heavy atom. The van der Waals surface area contributed by atoms with Crippen molar-refractivity contribution in [2.24, 2.45) is 7.05 Å². The van der Waals surface area contributed by atoms with E-state index in [-0.39, 0.29) is 33.5 Å². The standard InChI is InChI=1S/C18H15Cl2N3O3/c1-23-14(22-13-6-4-3-5-10(13)18(23)25)9-21-17(24)15-11(19)7-8-12(20)16(15)26-2/h3-8H,9H2,1-2H3,(H,21,24). The first kappa shape index (κ1) is 18.2. The maximum Gasteiger partial charge on any atom is 0.261 e. The molecule has 134 valence electrons. The van der Waals surface area contributed by atoms with Crippen LogP contribution in [0.15, 0.2) is 41.2 Å². The normalized spacial score (nSPS) is 10.8. The molecule has 0 spiro atoms. The van der Waals surface area contributed by atoms with Crippen LogP contribution in [0, 0.1) is 0 Å². The quantitative estimate of drug-likeness (QED) is 0.740. The zero-order chi connectivity index (χ0) is 18.8. The SMILES string of the molecule is COc1c(Cl)ccc(Cl)c1C(=O)NCc1nc2ccccc2c(=O)n1C. The van der Waals surface area contributed by atoms with E-state index in [0.29, 0.717) is 16.7 Å². The van der Waals surface area contributed by atoms with Gasteiger partial charge in [-0.15, -0.1) is 0 Å². The number of para-hydroxylation sites is 1. The Hall–Kier alpha value is -2.57. The Kier molecular flexibility index (Phi) is 5.15. The molecule has 3 aromatic rings. The molecule has 0 saturated carbocycles. The summed E-state index contributed by atoms with van der Waals surface area (Å²) in [4.78, 5) is 29.4. The highest BCUT2D eigenvalue weighted by atomic mass is 35.5. The number of rotatable bonds is 4. The van der Waals surface area contributed by atoms with Gasteiger partial charge in [-0.05, 0) is 24.3 Å². The highest BCUT2D eigenvalue weighted by Gasteiger charge is 2.20. The Morgan fingerprint density at radius 1 is 1.19 bits per heavy atom. The van der Waals surface area contributed by atoms with Crippen LogP contribution in [0.3, 0.4) is 0 Å². The van der Waals surface area contributed by atoms with E-state index in [4.69, 9.17) is 27.9 Å². The summed E-state index contributed by atoms with van der Waals surface area (Å²) in [6.45, 7) is 0.0431. The van der Waals surface area contributed by atoms with Crippen molar-refractivity contribution in [1.29, 1.82) is 0 Å². The number of fused-ring (bicyclic) bond motifs is 1. The van der Waals surface area contributed by atoms with Gasteiger partial charge in [0.15, 0.2) is 5.75 Å². The molecule has 0 aliphatic heterocycles. The smallest absolute Gasteiger partial charge is 0.261 e. The second kappa shape index (κ2) is 7.35. The zero-order valence-electron chi connectivity index (χ0n) is 14.0. The number of halogens is 2. The predicted octanol–water partition coefficient (Wildman–Crippen LogP) is 3.18. The number of benzene rings is 2. The monoisotopic (exact) mass is 391 g/mol. The number of aromatic nitrogens is 2. The van der Waals surface area contributed by atoms with Crippen LogP contribution in [0.25, 0.3) is 10.9 Å². The lowest BCUT2D eigenvalue weighted by Gasteiger charge is -2.13. The summed E-state index contributed by atoms with van der Waals surface area (Å²) in [6.07, 6.45) is 0. The number of hydrogen-bond donors (Lipinski definition) is 1. The maximum atomic E-state index is 12.6. The van der Waals surface area contributed by atoms with Crippen molar-refractivity contribution < 1.29 is 9.53 Å². The number of hydrogen-bond acceptors (Lipinski definition) is 4. The van der Waals surface area contributed by atoms with Gasteiger partial charge in [0, 0.05) is 7.05 Å². The van der Waals surface area contributed by atoms with Gasteiger partial charge in [-0.1, -0.05) is 35.3 Å². The van der Waals surface area contributed by atoms with Crippen LogP contribution in [0.5, 0.6) is 5.75 Å². The fraction of sp³-hybridized carbons (Fsp3) is 0.167. The third-order valence-corrected chi connectivity index (χ3v) is 4.59. The predicted molar refractivity (Wildman–Crippen MR) is 101 cm³/mol. The average molecular weight is 392 g/mol. The summed E-state index contributed by atoms with van der Waals surface area (Å²) in [5, 5.41) is 3.71. The lowest BCUT2D eigenvalue weighted by molar-refractivity contribution is 0.0946. The van der Waals surface area contributed by atoms with Crippen molar-refractivity contribution in [3.05, 3.63) is 68.2 Å². The molecule has 0 radical (unpaired) electrons. The second-order valence-electron chi connectivity index (χ2n) is 5.53. The Bertz CT molecular complexity index is 1060. The number of amides is 1.